The molecule has 0 saturated carbocycles. The summed E-state index contributed by atoms with van der Waals surface area (Å²) in [7, 11) is 0. The Morgan fingerprint density at radius 3 is 2.76 bits per heavy atom. The highest BCUT2D eigenvalue weighted by molar-refractivity contribution is 7.15. The fraction of sp³-hybridized carbons (Fsp3) is 0.286. The number of esters is 1. The second kappa shape index (κ2) is 6.94. The summed E-state index contributed by atoms with van der Waals surface area (Å²) in [5.41, 5.74) is 0.278. The van der Waals surface area contributed by atoms with Gasteiger partial charge in [-0.15, -0.1) is 10.2 Å². The average molecular weight is 305 g/mol. The van der Waals surface area contributed by atoms with Crippen LogP contribution in [0.2, 0.25) is 0 Å². The van der Waals surface area contributed by atoms with E-state index in [9.17, 15) is 9.59 Å². The Labute approximate surface area is 126 Å². The molecule has 2 aromatic rings. The Morgan fingerprint density at radius 1 is 1.29 bits per heavy atom. The lowest BCUT2D eigenvalue weighted by atomic mass is 10.2. The molecule has 21 heavy (non-hydrogen) atoms. The van der Waals surface area contributed by atoms with E-state index in [0.29, 0.717) is 5.13 Å². The molecular weight excluding hydrogens is 290 g/mol. The summed E-state index contributed by atoms with van der Waals surface area (Å²) < 4.78 is 5.02. The molecule has 7 heteroatoms. The quantitative estimate of drug-likeness (QED) is 0.678. The minimum Gasteiger partial charge on any atom is -0.426 e. The molecule has 0 aliphatic rings. The van der Waals surface area contributed by atoms with Crippen molar-refractivity contribution in [2.24, 2.45) is 0 Å². The van der Waals surface area contributed by atoms with E-state index < -0.39 is 5.97 Å². The monoisotopic (exact) mass is 305 g/mol. The maximum atomic E-state index is 12.2. The molecule has 0 bridgehead atoms. The fourth-order valence-corrected chi connectivity index (χ4v) is 2.52. The number of benzene rings is 1. The first-order valence-electron chi connectivity index (χ1n) is 6.51. The first-order chi connectivity index (χ1) is 10.1. The third-order valence-electron chi connectivity index (χ3n) is 2.54. The van der Waals surface area contributed by atoms with Gasteiger partial charge in [-0.05, 0) is 18.6 Å². The summed E-state index contributed by atoms with van der Waals surface area (Å²) in [5, 5.41) is 11.9. The molecule has 1 aromatic heterocycles. The third-order valence-corrected chi connectivity index (χ3v) is 3.44. The molecular formula is C14H15N3O3S. The van der Waals surface area contributed by atoms with Gasteiger partial charge in [0.05, 0.1) is 5.56 Å². The van der Waals surface area contributed by atoms with Gasteiger partial charge in [-0.2, -0.15) is 0 Å². The van der Waals surface area contributed by atoms with Gasteiger partial charge >= 0.3 is 5.97 Å². The molecule has 110 valence electrons. The number of aromatic nitrogens is 2. The highest BCUT2D eigenvalue weighted by Crippen LogP contribution is 2.22. The molecule has 1 aromatic carbocycles. The average Bonchev–Trinajstić information content (AvgIpc) is 2.86. The lowest BCUT2D eigenvalue weighted by Gasteiger charge is -2.07. The SMILES string of the molecule is CCCc1nnc(NC(=O)c2ccccc2OC(C)=O)s1. The molecule has 6 nitrogen and oxygen atoms in total. The summed E-state index contributed by atoms with van der Waals surface area (Å²) in [6.45, 7) is 3.34. The number of hydrogen-bond donors (Lipinski definition) is 1. The van der Waals surface area contributed by atoms with Crippen molar-refractivity contribution in [3.8, 4) is 5.75 Å². The summed E-state index contributed by atoms with van der Waals surface area (Å²) in [6, 6.07) is 6.55. The second-order valence-electron chi connectivity index (χ2n) is 4.29. The lowest BCUT2D eigenvalue weighted by molar-refractivity contribution is -0.131. The van der Waals surface area contributed by atoms with Crippen LogP contribution in [-0.2, 0) is 11.2 Å². The van der Waals surface area contributed by atoms with Crippen molar-refractivity contribution in [2.75, 3.05) is 5.32 Å². The highest BCUT2D eigenvalue weighted by atomic mass is 32.1. The molecule has 0 radical (unpaired) electrons. The van der Waals surface area contributed by atoms with Crippen LogP contribution in [0.15, 0.2) is 24.3 Å². The van der Waals surface area contributed by atoms with E-state index in [4.69, 9.17) is 4.74 Å². The molecule has 0 spiro atoms. The third kappa shape index (κ3) is 4.09. The fourth-order valence-electron chi connectivity index (χ4n) is 1.68. The van der Waals surface area contributed by atoms with Gasteiger partial charge in [0.2, 0.25) is 5.13 Å². The minimum atomic E-state index is -0.476. The van der Waals surface area contributed by atoms with Gasteiger partial charge in [0, 0.05) is 13.3 Å². The van der Waals surface area contributed by atoms with Crippen molar-refractivity contribution in [3.63, 3.8) is 0 Å². The maximum absolute atomic E-state index is 12.2. The summed E-state index contributed by atoms with van der Waals surface area (Å²) in [6.07, 6.45) is 1.80. The lowest BCUT2D eigenvalue weighted by Crippen LogP contribution is -2.14. The number of amides is 1. The van der Waals surface area contributed by atoms with E-state index in [1.165, 1.54) is 18.3 Å². The number of nitrogens with one attached hydrogen (secondary N) is 1. The number of para-hydroxylation sites is 1. The number of rotatable bonds is 5. The summed E-state index contributed by atoms with van der Waals surface area (Å²) in [4.78, 5) is 23.3. The van der Waals surface area contributed by atoms with E-state index in [1.807, 2.05) is 0 Å². The van der Waals surface area contributed by atoms with Crippen LogP contribution in [0, 0.1) is 0 Å². The molecule has 0 atom stereocenters. The number of ether oxygens (including phenoxy) is 1. The Morgan fingerprint density at radius 2 is 2.05 bits per heavy atom. The van der Waals surface area contributed by atoms with Crippen LogP contribution in [0.5, 0.6) is 5.75 Å². The van der Waals surface area contributed by atoms with Crippen LogP contribution in [0.4, 0.5) is 5.13 Å². The largest absolute Gasteiger partial charge is 0.426 e. The van der Waals surface area contributed by atoms with Gasteiger partial charge in [0.15, 0.2) is 0 Å². The smallest absolute Gasteiger partial charge is 0.308 e. The number of aryl methyl sites for hydroxylation is 1. The first-order valence-corrected chi connectivity index (χ1v) is 7.33. The molecule has 1 N–H and O–H groups in total. The van der Waals surface area contributed by atoms with Crippen molar-refractivity contribution in [1.82, 2.24) is 10.2 Å². The zero-order chi connectivity index (χ0) is 15.2. The van der Waals surface area contributed by atoms with Crippen LogP contribution in [0.1, 0.15) is 35.6 Å². The molecule has 0 saturated heterocycles. The standard InChI is InChI=1S/C14H15N3O3S/c1-3-6-12-16-17-14(21-12)15-13(19)10-7-4-5-8-11(10)20-9(2)18/h4-5,7-8H,3,6H2,1-2H3,(H,15,17,19). The van der Waals surface area contributed by atoms with E-state index in [2.05, 4.69) is 22.4 Å². The molecule has 0 unspecified atom stereocenters. The molecule has 2 rings (SSSR count). The predicted octanol–water partition coefficient (Wildman–Crippen LogP) is 2.67. The second-order valence-corrected chi connectivity index (χ2v) is 5.36. The van der Waals surface area contributed by atoms with E-state index in [1.54, 1.807) is 24.3 Å². The van der Waals surface area contributed by atoms with Gasteiger partial charge in [-0.3, -0.25) is 14.9 Å². The highest BCUT2D eigenvalue weighted by Gasteiger charge is 2.15. The zero-order valence-electron chi connectivity index (χ0n) is 11.8. The number of anilines is 1. The van der Waals surface area contributed by atoms with Gasteiger partial charge < -0.3 is 4.74 Å². The van der Waals surface area contributed by atoms with Crippen LogP contribution in [0.25, 0.3) is 0 Å². The number of hydrogen-bond acceptors (Lipinski definition) is 6. The normalized spacial score (nSPS) is 10.2. The molecule has 1 amide bonds. The molecule has 0 aliphatic heterocycles. The Kier molecular flexibility index (Phi) is 4.99. The van der Waals surface area contributed by atoms with Crippen molar-refractivity contribution >= 4 is 28.3 Å². The van der Waals surface area contributed by atoms with Gasteiger partial charge in [0.1, 0.15) is 10.8 Å². The van der Waals surface area contributed by atoms with Gasteiger partial charge in [0.25, 0.3) is 5.91 Å². The Hall–Kier alpha value is -2.28. The van der Waals surface area contributed by atoms with Crippen LogP contribution in [0.3, 0.4) is 0 Å². The summed E-state index contributed by atoms with van der Waals surface area (Å²) in [5.74, 6) is -0.636. The van der Waals surface area contributed by atoms with Crippen molar-refractivity contribution in [1.29, 1.82) is 0 Å². The van der Waals surface area contributed by atoms with Crippen LogP contribution >= 0.6 is 11.3 Å². The van der Waals surface area contributed by atoms with Gasteiger partial charge in [-0.25, -0.2) is 0 Å². The summed E-state index contributed by atoms with van der Waals surface area (Å²) >= 11 is 1.34. The first kappa shape index (κ1) is 15.1. The zero-order valence-corrected chi connectivity index (χ0v) is 12.6. The van der Waals surface area contributed by atoms with Crippen molar-refractivity contribution < 1.29 is 14.3 Å². The van der Waals surface area contributed by atoms with Gasteiger partial charge in [-0.1, -0.05) is 30.4 Å². The molecule has 1 heterocycles. The van der Waals surface area contributed by atoms with Crippen molar-refractivity contribution in [3.05, 3.63) is 34.8 Å². The minimum absolute atomic E-state index is 0.223. The van der Waals surface area contributed by atoms with Crippen molar-refractivity contribution in [2.45, 2.75) is 26.7 Å². The number of carbonyl (C=O) groups excluding carboxylic acids is 2. The van der Waals surface area contributed by atoms with Crippen LogP contribution < -0.4 is 10.1 Å². The van der Waals surface area contributed by atoms with Crippen LogP contribution in [-0.4, -0.2) is 22.1 Å². The van der Waals surface area contributed by atoms with E-state index >= 15 is 0 Å². The number of nitrogens with zero attached hydrogens (tertiary/aromatic N) is 2. The Bertz CT molecular complexity index is 654. The number of carbonyl (C=O) groups is 2. The Balaban J connectivity index is 2.14. The van der Waals surface area contributed by atoms with E-state index in [0.717, 1.165) is 17.8 Å². The molecule has 0 fully saturated rings. The predicted molar refractivity (Wildman–Crippen MR) is 79.6 cm³/mol. The maximum Gasteiger partial charge on any atom is 0.308 e. The topological polar surface area (TPSA) is 81.2 Å². The van der Waals surface area contributed by atoms with E-state index in [-0.39, 0.29) is 17.2 Å². The molecule has 0 aliphatic carbocycles.